The Morgan fingerprint density at radius 1 is 1.17 bits per heavy atom. The molecule has 2 N–H and O–H groups in total. The Morgan fingerprint density at radius 3 is 2.67 bits per heavy atom. The minimum atomic E-state index is 0.275. The summed E-state index contributed by atoms with van der Waals surface area (Å²) >= 11 is 0. The van der Waals surface area contributed by atoms with Gasteiger partial charge in [0.05, 0.1) is 0 Å². The third-order valence-corrected chi connectivity index (χ3v) is 4.42. The summed E-state index contributed by atoms with van der Waals surface area (Å²) < 4.78 is 2.33. The van der Waals surface area contributed by atoms with Crippen LogP contribution in [0.15, 0.2) is 0 Å². The zero-order chi connectivity index (χ0) is 12.5. The highest BCUT2D eigenvalue weighted by atomic mass is 15.3. The van der Waals surface area contributed by atoms with E-state index in [0.717, 1.165) is 25.2 Å². The van der Waals surface area contributed by atoms with Crippen molar-refractivity contribution in [3.8, 4) is 0 Å². The summed E-state index contributed by atoms with van der Waals surface area (Å²) in [6.07, 6.45) is 4.39. The summed E-state index contributed by atoms with van der Waals surface area (Å²) in [7, 11) is 0. The van der Waals surface area contributed by atoms with Crippen LogP contribution in [0, 0.1) is 0 Å². The summed E-state index contributed by atoms with van der Waals surface area (Å²) in [4.78, 5) is 2.51. The predicted molar refractivity (Wildman–Crippen MR) is 70.4 cm³/mol. The van der Waals surface area contributed by atoms with Gasteiger partial charge in [-0.05, 0) is 38.9 Å². The van der Waals surface area contributed by atoms with Gasteiger partial charge in [0.15, 0.2) is 0 Å². The van der Waals surface area contributed by atoms with Crippen LogP contribution < -0.4 is 5.73 Å². The van der Waals surface area contributed by atoms with Crippen molar-refractivity contribution in [2.75, 3.05) is 19.6 Å². The number of nitrogens with zero attached hydrogens (tertiary/aromatic N) is 4. The molecule has 1 saturated heterocycles. The number of likely N-dealkylation sites (tertiary alicyclic amines) is 1. The quantitative estimate of drug-likeness (QED) is 0.840. The summed E-state index contributed by atoms with van der Waals surface area (Å²) in [5.74, 6) is 2.91. The molecule has 2 aliphatic rings. The molecule has 0 bridgehead atoms. The topological polar surface area (TPSA) is 60.0 Å². The van der Waals surface area contributed by atoms with Gasteiger partial charge >= 0.3 is 0 Å². The van der Waals surface area contributed by atoms with E-state index < -0.39 is 0 Å². The third kappa shape index (κ3) is 2.17. The number of aromatic nitrogens is 3. The van der Waals surface area contributed by atoms with Crippen molar-refractivity contribution in [3.63, 3.8) is 0 Å². The Morgan fingerprint density at radius 2 is 1.94 bits per heavy atom. The van der Waals surface area contributed by atoms with Crippen LogP contribution >= 0.6 is 0 Å². The highest BCUT2D eigenvalue weighted by Gasteiger charge is 2.27. The first-order valence-corrected chi connectivity index (χ1v) is 7.18. The molecular weight excluding hydrogens is 226 g/mol. The smallest absolute Gasteiger partial charge is 0.136 e. The molecule has 0 amide bonds. The van der Waals surface area contributed by atoms with Crippen LogP contribution in [-0.4, -0.2) is 45.3 Å². The molecule has 0 spiro atoms. The number of piperidine rings is 1. The van der Waals surface area contributed by atoms with Crippen LogP contribution in [0.1, 0.15) is 43.8 Å². The lowest BCUT2D eigenvalue weighted by Crippen LogP contribution is -2.35. The van der Waals surface area contributed by atoms with Crippen LogP contribution in [0.4, 0.5) is 0 Å². The molecule has 0 saturated carbocycles. The van der Waals surface area contributed by atoms with Gasteiger partial charge in [0.25, 0.3) is 0 Å². The van der Waals surface area contributed by atoms with Crippen LogP contribution in [-0.2, 0) is 13.0 Å². The molecule has 0 radical (unpaired) electrons. The van der Waals surface area contributed by atoms with Crippen molar-refractivity contribution in [1.29, 1.82) is 0 Å². The molecule has 1 unspecified atom stereocenters. The van der Waals surface area contributed by atoms with Crippen LogP contribution in [0.5, 0.6) is 0 Å². The maximum atomic E-state index is 5.99. The second-order valence-corrected chi connectivity index (χ2v) is 5.59. The molecule has 18 heavy (non-hydrogen) atoms. The fraction of sp³-hybridized carbons (Fsp3) is 0.846. The fourth-order valence-electron chi connectivity index (χ4n) is 3.18. The fourth-order valence-corrected chi connectivity index (χ4v) is 3.18. The molecule has 3 rings (SSSR count). The van der Waals surface area contributed by atoms with E-state index in [4.69, 9.17) is 5.73 Å². The lowest BCUT2D eigenvalue weighted by molar-refractivity contribution is 0.216. The average molecular weight is 249 g/mol. The summed E-state index contributed by atoms with van der Waals surface area (Å²) in [5.41, 5.74) is 5.99. The Kier molecular flexibility index (Phi) is 3.35. The highest BCUT2D eigenvalue weighted by molar-refractivity contribution is 5.07. The number of hydrogen-bond donors (Lipinski definition) is 1. The van der Waals surface area contributed by atoms with E-state index in [1.54, 1.807) is 0 Å². The first-order chi connectivity index (χ1) is 8.78. The molecule has 3 heterocycles. The monoisotopic (exact) mass is 249 g/mol. The zero-order valence-corrected chi connectivity index (χ0v) is 11.2. The van der Waals surface area contributed by atoms with Crippen molar-refractivity contribution in [3.05, 3.63) is 11.6 Å². The first kappa shape index (κ1) is 12.1. The number of fused-ring (bicyclic) bond motifs is 1. The summed E-state index contributed by atoms with van der Waals surface area (Å²) in [5, 5.41) is 8.79. The highest BCUT2D eigenvalue weighted by Crippen LogP contribution is 2.28. The molecule has 2 aliphatic heterocycles. The van der Waals surface area contributed by atoms with Gasteiger partial charge in [-0.15, -0.1) is 10.2 Å². The van der Waals surface area contributed by atoms with Gasteiger partial charge in [0, 0.05) is 24.9 Å². The van der Waals surface area contributed by atoms with Crippen molar-refractivity contribution >= 4 is 0 Å². The van der Waals surface area contributed by atoms with Gasteiger partial charge in [0.1, 0.15) is 11.6 Å². The van der Waals surface area contributed by atoms with Crippen LogP contribution in [0.2, 0.25) is 0 Å². The minimum Gasteiger partial charge on any atom is -0.327 e. The molecule has 100 valence electrons. The van der Waals surface area contributed by atoms with E-state index >= 15 is 0 Å². The van der Waals surface area contributed by atoms with Crippen molar-refractivity contribution in [2.24, 2.45) is 5.73 Å². The van der Waals surface area contributed by atoms with Gasteiger partial charge in [0.2, 0.25) is 0 Å². The minimum absolute atomic E-state index is 0.275. The zero-order valence-electron chi connectivity index (χ0n) is 11.2. The molecular formula is C13H23N5. The normalized spacial score (nSPS) is 26.2. The summed E-state index contributed by atoms with van der Waals surface area (Å²) in [6, 6.07) is 0.275. The second-order valence-electron chi connectivity index (χ2n) is 5.59. The maximum Gasteiger partial charge on any atom is 0.136 e. The molecule has 0 aromatic carbocycles. The Labute approximate surface area is 108 Å². The van der Waals surface area contributed by atoms with Crippen molar-refractivity contribution in [2.45, 2.75) is 51.1 Å². The largest absolute Gasteiger partial charge is 0.327 e. The second kappa shape index (κ2) is 4.97. The predicted octanol–water partition coefficient (Wildman–Crippen LogP) is 0.751. The molecule has 5 heteroatoms. The van der Waals surface area contributed by atoms with Crippen molar-refractivity contribution in [1.82, 2.24) is 19.7 Å². The van der Waals surface area contributed by atoms with Gasteiger partial charge in [-0.3, -0.25) is 0 Å². The number of hydrogen-bond acceptors (Lipinski definition) is 4. The molecule has 1 fully saturated rings. The van der Waals surface area contributed by atoms with Gasteiger partial charge in [-0.25, -0.2) is 0 Å². The van der Waals surface area contributed by atoms with Gasteiger partial charge in [-0.2, -0.15) is 0 Å². The standard InChI is InChI=1S/C13H23N5/c1-2-17-6-3-10(4-7-17)13-16-15-12-9-11(14)5-8-18(12)13/h10-11H,2-9,14H2,1H3. The molecule has 5 nitrogen and oxygen atoms in total. The van der Waals surface area contributed by atoms with E-state index in [0.29, 0.717) is 5.92 Å². The summed E-state index contributed by atoms with van der Waals surface area (Å²) in [6.45, 7) is 6.80. The molecule has 0 aliphatic carbocycles. The Balaban J connectivity index is 1.74. The van der Waals surface area contributed by atoms with Crippen LogP contribution in [0.25, 0.3) is 0 Å². The molecule has 1 atom stereocenters. The van der Waals surface area contributed by atoms with E-state index in [1.165, 1.54) is 38.3 Å². The lowest BCUT2D eigenvalue weighted by atomic mass is 9.95. The molecule has 1 aromatic heterocycles. The number of nitrogens with two attached hydrogens (primary N) is 1. The SMILES string of the molecule is CCN1CCC(c2nnc3n2CCC(N)C3)CC1. The van der Waals surface area contributed by atoms with E-state index in [2.05, 4.69) is 26.6 Å². The van der Waals surface area contributed by atoms with Crippen LogP contribution in [0.3, 0.4) is 0 Å². The third-order valence-electron chi connectivity index (χ3n) is 4.42. The van der Waals surface area contributed by atoms with E-state index in [-0.39, 0.29) is 6.04 Å². The Bertz CT molecular complexity index is 406. The lowest BCUT2D eigenvalue weighted by Gasteiger charge is -2.31. The van der Waals surface area contributed by atoms with Crippen molar-refractivity contribution < 1.29 is 0 Å². The molecule has 1 aromatic rings. The Hall–Kier alpha value is -0.940. The average Bonchev–Trinajstić information content (AvgIpc) is 2.81. The van der Waals surface area contributed by atoms with Gasteiger partial charge in [-0.1, -0.05) is 6.92 Å². The first-order valence-electron chi connectivity index (χ1n) is 7.18. The van der Waals surface area contributed by atoms with Gasteiger partial charge < -0.3 is 15.2 Å². The van der Waals surface area contributed by atoms with E-state index in [9.17, 15) is 0 Å². The maximum absolute atomic E-state index is 5.99. The number of rotatable bonds is 2. The van der Waals surface area contributed by atoms with E-state index in [1.807, 2.05) is 0 Å².